The molecule has 0 amide bonds. The van der Waals surface area contributed by atoms with E-state index in [4.69, 9.17) is 56.8 Å². The highest BCUT2D eigenvalue weighted by Gasteiger charge is 1.97. The zero-order valence-electron chi connectivity index (χ0n) is 26.3. The van der Waals surface area contributed by atoms with Gasteiger partial charge in [-0.3, -0.25) is 0 Å². The van der Waals surface area contributed by atoms with Crippen molar-refractivity contribution in [1.82, 2.24) is 4.90 Å². The van der Waals surface area contributed by atoms with Crippen LogP contribution in [0, 0.1) is 0 Å². The third-order valence-corrected chi connectivity index (χ3v) is 5.01. The minimum absolute atomic E-state index is 0.515. The van der Waals surface area contributed by atoms with E-state index < -0.39 is 0 Å². The van der Waals surface area contributed by atoms with E-state index in [2.05, 4.69) is 11.5 Å². The van der Waals surface area contributed by atoms with Gasteiger partial charge in [0.25, 0.3) is 0 Å². The van der Waals surface area contributed by atoms with Crippen LogP contribution in [0.25, 0.3) is 0 Å². The Labute approximate surface area is 253 Å². The van der Waals surface area contributed by atoms with Gasteiger partial charge in [0.15, 0.2) is 0 Å². The van der Waals surface area contributed by atoms with Gasteiger partial charge in [-0.2, -0.15) is 0 Å². The molecule has 0 N–H and O–H groups in total. The summed E-state index contributed by atoms with van der Waals surface area (Å²) in [5.74, 6) is 0. The normalized spacial score (nSPS) is 11.6. The van der Waals surface area contributed by atoms with E-state index in [-0.39, 0.29) is 0 Å². The highest BCUT2D eigenvalue weighted by molar-refractivity contribution is 4.63. The van der Waals surface area contributed by atoms with Crippen LogP contribution in [0.4, 0.5) is 0 Å². The fourth-order valence-electron chi connectivity index (χ4n) is 2.83. The maximum Gasteiger partial charge on any atom is 0.0704 e. The molecule has 0 saturated heterocycles. The molecular formula is C29H59NO12. The fraction of sp³-hybridized carbons (Fsp3) is 0.931. The highest BCUT2D eigenvalue weighted by Crippen LogP contribution is 1.87. The van der Waals surface area contributed by atoms with Crippen LogP contribution in [-0.4, -0.2) is 184 Å². The molecule has 0 atom stereocenters. The molecule has 0 rings (SSSR count). The van der Waals surface area contributed by atoms with Crippen molar-refractivity contribution >= 4 is 0 Å². The molecule has 13 heteroatoms. The first-order valence-corrected chi connectivity index (χ1v) is 15.0. The maximum absolute atomic E-state index is 5.47. The van der Waals surface area contributed by atoms with Gasteiger partial charge in [0.05, 0.1) is 159 Å². The van der Waals surface area contributed by atoms with Gasteiger partial charge in [0.1, 0.15) is 0 Å². The van der Waals surface area contributed by atoms with Crippen molar-refractivity contribution in [3.63, 3.8) is 0 Å². The molecule has 0 heterocycles. The Morgan fingerprint density at radius 2 is 0.524 bits per heavy atom. The number of ether oxygens (including phenoxy) is 12. The molecule has 13 nitrogen and oxygen atoms in total. The highest BCUT2D eigenvalue weighted by atomic mass is 16.6. The molecule has 0 aliphatic rings. The second-order valence-electron chi connectivity index (χ2n) is 8.90. The summed E-state index contributed by atoms with van der Waals surface area (Å²) < 4.78 is 65.1. The molecule has 0 aromatic rings. The molecular weight excluding hydrogens is 554 g/mol. The molecule has 0 bridgehead atoms. The summed E-state index contributed by atoms with van der Waals surface area (Å²) in [6.45, 7) is 17.5. The van der Waals surface area contributed by atoms with E-state index in [1.165, 1.54) is 0 Å². The van der Waals surface area contributed by atoms with Crippen LogP contribution < -0.4 is 0 Å². The molecule has 0 fully saturated rings. The number of likely N-dealkylation sites (N-methyl/N-ethyl adjacent to an activating group) is 1. The second kappa shape index (κ2) is 38.2. The van der Waals surface area contributed by atoms with Gasteiger partial charge in [-0.25, -0.2) is 0 Å². The van der Waals surface area contributed by atoms with E-state index in [9.17, 15) is 0 Å². The lowest BCUT2D eigenvalue weighted by atomic mass is 10.6. The zero-order chi connectivity index (χ0) is 30.4. The lowest BCUT2D eigenvalue weighted by Gasteiger charge is -2.10. The fourth-order valence-corrected chi connectivity index (χ4v) is 2.83. The molecule has 252 valence electrons. The summed E-state index contributed by atoms with van der Waals surface area (Å²) in [6.07, 6.45) is 1.71. The van der Waals surface area contributed by atoms with E-state index in [1.54, 1.807) is 6.08 Å². The minimum Gasteiger partial charge on any atom is -0.378 e. The minimum atomic E-state index is 0.515. The predicted octanol–water partition coefficient (Wildman–Crippen LogP) is 0.933. The molecule has 0 aliphatic heterocycles. The first-order chi connectivity index (χ1) is 20.8. The predicted molar refractivity (Wildman–Crippen MR) is 159 cm³/mol. The largest absolute Gasteiger partial charge is 0.378 e. The Bertz CT molecular complexity index is 505. The van der Waals surface area contributed by atoms with Crippen molar-refractivity contribution in [3.05, 3.63) is 12.7 Å². The lowest BCUT2D eigenvalue weighted by molar-refractivity contribution is -0.0282. The van der Waals surface area contributed by atoms with Gasteiger partial charge in [-0.05, 0) is 14.1 Å². The summed E-state index contributed by atoms with van der Waals surface area (Å²) in [6, 6.07) is 0. The van der Waals surface area contributed by atoms with Crippen LogP contribution in [0.15, 0.2) is 12.7 Å². The van der Waals surface area contributed by atoms with Crippen molar-refractivity contribution in [3.8, 4) is 0 Å². The monoisotopic (exact) mass is 613 g/mol. The summed E-state index contributed by atoms with van der Waals surface area (Å²) >= 11 is 0. The van der Waals surface area contributed by atoms with Crippen molar-refractivity contribution in [1.29, 1.82) is 0 Å². The van der Waals surface area contributed by atoms with Gasteiger partial charge >= 0.3 is 0 Å². The Morgan fingerprint density at radius 1 is 0.333 bits per heavy atom. The zero-order valence-corrected chi connectivity index (χ0v) is 26.3. The maximum atomic E-state index is 5.47. The lowest BCUT2D eigenvalue weighted by Crippen LogP contribution is -2.19. The first kappa shape index (κ1) is 41.2. The van der Waals surface area contributed by atoms with Crippen LogP contribution in [0.5, 0.6) is 0 Å². The summed E-state index contributed by atoms with van der Waals surface area (Å²) in [5, 5.41) is 0. The van der Waals surface area contributed by atoms with E-state index in [0.29, 0.717) is 152 Å². The van der Waals surface area contributed by atoms with Crippen LogP contribution in [0.3, 0.4) is 0 Å². The number of rotatable bonds is 38. The summed E-state index contributed by atoms with van der Waals surface area (Å²) in [4.78, 5) is 2.08. The standard InChI is InChI=1S/C29H59NO12/c1-4-6-31-8-10-33-12-14-35-16-18-37-20-22-39-24-26-41-28-29-42-27-25-40-23-21-38-19-17-36-15-13-34-11-9-32-7-5-30(2)3/h4H,1,5-29H2,2-3H3. The molecule has 42 heavy (non-hydrogen) atoms. The quantitative estimate of drug-likeness (QED) is 0.0728. The van der Waals surface area contributed by atoms with Gasteiger partial charge in [0.2, 0.25) is 0 Å². The van der Waals surface area contributed by atoms with Crippen LogP contribution >= 0.6 is 0 Å². The van der Waals surface area contributed by atoms with Gasteiger partial charge in [-0.15, -0.1) is 6.58 Å². The second-order valence-corrected chi connectivity index (χ2v) is 8.90. The average Bonchev–Trinajstić information content (AvgIpc) is 2.98. The first-order valence-electron chi connectivity index (χ1n) is 15.0. The number of hydrogen-bond acceptors (Lipinski definition) is 13. The third kappa shape index (κ3) is 39.2. The van der Waals surface area contributed by atoms with Crippen molar-refractivity contribution in [2.45, 2.75) is 0 Å². The molecule has 0 aromatic heterocycles. The van der Waals surface area contributed by atoms with Crippen LogP contribution in [-0.2, 0) is 56.8 Å². The van der Waals surface area contributed by atoms with Crippen LogP contribution in [0.1, 0.15) is 0 Å². The number of nitrogens with zero attached hydrogens (tertiary/aromatic N) is 1. The molecule has 0 aromatic carbocycles. The van der Waals surface area contributed by atoms with Crippen LogP contribution in [0.2, 0.25) is 0 Å². The van der Waals surface area contributed by atoms with E-state index >= 15 is 0 Å². The molecule has 0 aliphatic carbocycles. The van der Waals surface area contributed by atoms with E-state index in [0.717, 1.165) is 13.2 Å². The van der Waals surface area contributed by atoms with Gasteiger partial charge in [-0.1, -0.05) is 6.08 Å². The Balaban J connectivity index is 3.03. The summed E-state index contributed by atoms with van der Waals surface area (Å²) in [7, 11) is 4.04. The number of hydrogen-bond donors (Lipinski definition) is 0. The van der Waals surface area contributed by atoms with Gasteiger partial charge in [0, 0.05) is 6.54 Å². The van der Waals surface area contributed by atoms with Crippen molar-refractivity contribution in [2.75, 3.05) is 179 Å². The van der Waals surface area contributed by atoms with E-state index in [1.807, 2.05) is 14.1 Å². The van der Waals surface area contributed by atoms with Gasteiger partial charge < -0.3 is 61.7 Å². The topological polar surface area (TPSA) is 114 Å². The molecule has 0 radical (unpaired) electrons. The van der Waals surface area contributed by atoms with Crippen molar-refractivity contribution in [2.24, 2.45) is 0 Å². The Morgan fingerprint density at radius 3 is 0.714 bits per heavy atom. The Hall–Kier alpha value is -0.780. The molecule has 0 spiro atoms. The third-order valence-electron chi connectivity index (χ3n) is 5.01. The summed E-state index contributed by atoms with van der Waals surface area (Å²) in [5.41, 5.74) is 0. The van der Waals surface area contributed by atoms with Crippen molar-refractivity contribution < 1.29 is 56.8 Å². The Kier molecular flexibility index (Phi) is 37.5. The smallest absolute Gasteiger partial charge is 0.0704 e. The SMILES string of the molecule is C=CCOCCOCCOCCOCCOCCOCCOCCOCCOCCOCCOCCOCCN(C)C. The average molecular weight is 614 g/mol. The molecule has 0 unspecified atom stereocenters. The molecule has 0 saturated carbocycles.